The molecule has 1 aromatic carbocycles. The summed E-state index contributed by atoms with van der Waals surface area (Å²) < 4.78 is 5.01. The van der Waals surface area contributed by atoms with Crippen molar-refractivity contribution in [3.8, 4) is 0 Å². The van der Waals surface area contributed by atoms with Crippen molar-refractivity contribution in [2.75, 3.05) is 6.54 Å². The molecule has 6 heteroatoms. The van der Waals surface area contributed by atoms with Gasteiger partial charge in [0.2, 0.25) is 0 Å². The average Bonchev–Trinajstić information content (AvgIpc) is 2.88. The molecule has 1 fully saturated rings. The Morgan fingerprint density at radius 1 is 1.30 bits per heavy atom. The molecule has 1 atom stereocenters. The minimum Gasteiger partial charge on any atom is -0.480 e. The van der Waals surface area contributed by atoms with Gasteiger partial charge in [-0.3, -0.25) is 9.69 Å². The minimum atomic E-state index is -1.19. The number of likely N-dealkylation sites (tertiary alicyclic amines) is 1. The van der Waals surface area contributed by atoms with E-state index in [0.717, 1.165) is 10.5 Å². The summed E-state index contributed by atoms with van der Waals surface area (Å²) in [6.07, 6.45) is -0.933. The van der Waals surface area contributed by atoms with Gasteiger partial charge < -0.3 is 9.84 Å². The maximum atomic E-state index is 11.8. The highest BCUT2D eigenvalue weighted by Crippen LogP contribution is 2.16. The molecule has 1 N–H and O–H groups in total. The Hall–Kier alpha value is -2.63. The first-order valence-corrected chi connectivity index (χ1v) is 7.15. The van der Waals surface area contributed by atoms with Crippen molar-refractivity contribution in [2.45, 2.75) is 32.9 Å². The molecule has 1 heterocycles. The molecule has 0 saturated carbocycles. The van der Waals surface area contributed by atoms with Crippen molar-refractivity contribution < 1.29 is 24.2 Å². The first-order chi connectivity index (χ1) is 10.8. The topological polar surface area (TPSA) is 83.9 Å². The Labute approximate surface area is 135 Å². The van der Waals surface area contributed by atoms with E-state index in [0.29, 0.717) is 0 Å². The van der Waals surface area contributed by atoms with Crippen LogP contribution in [0.1, 0.15) is 25.8 Å². The average molecular weight is 319 g/mol. The Morgan fingerprint density at radius 3 is 2.39 bits per heavy atom. The van der Waals surface area contributed by atoms with Crippen LogP contribution in [-0.4, -0.2) is 40.4 Å². The van der Waals surface area contributed by atoms with Gasteiger partial charge in [0, 0.05) is 6.42 Å². The lowest BCUT2D eigenvalue weighted by Gasteiger charge is -2.19. The predicted octanol–water partition coefficient (Wildman–Crippen LogP) is 2.63. The van der Waals surface area contributed by atoms with Gasteiger partial charge in [0.25, 0.3) is 0 Å². The molecule has 1 saturated heterocycles. The number of hydrogen-bond donors (Lipinski definition) is 1. The molecule has 1 aliphatic heterocycles. The Kier molecular flexibility index (Phi) is 6.99. The first kappa shape index (κ1) is 18.4. The van der Waals surface area contributed by atoms with Gasteiger partial charge in [-0.1, -0.05) is 35.9 Å². The number of hydrogen-bond acceptors (Lipinski definition) is 4. The SMILES string of the molecule is C=C(C)C.O=C1CC(C(=O)O)N(C(=O)OCc2ccccc2)C1. The van der Waals surface area contributed by atoms with E-state index in [1.54, 1.807) is 12.1 Å². The number of Topliss-reactive ketones (excluding diaryl/α,β-unsaturated/α-hetero) is 1. The smallest absolute Gasteiger partial charge is 0.411 e. The van der Waals surface area contributed by atoms with Crippen molar-refractivity contribution >= 4 is 17.8 Å². The molecule has 1 unspecified atom stereocenters. The summed E-state index contributed by atoms with van der Waals surface area (Å²) in [6.45, 7) is 7.35. The number of amides is 1. The van der Waals surface area contributed by atoms with Crippen LogP contribution in [0.4, 0.5) is 4.79 Å². The highest BCUT2D eigenvalue weighted by molar-refractivity contribution is 5.95. The molecule has 6 nitrogen and oxygen atoms in total. The number of aliphatic carboxylic acids is 1. The van der Waals surface area contributed by atoms with Crippen molar-refractivity contribution in [1.29, 1.82) is 0 Å². The molecule has 2 rings (SSSR count). The third-order valence-electron chi connectivity index (χ3n) is 2.87. The first-order valence-electron chi connectivity index (χ1n) is 7.15. The van der Waals surface area contributed by atoms with E-state index in [4.69, 9.17) is 9.84 Å². The zero-order chi connectivity index (χ0) is 17.4. The number of allylic oxidation sites excluding steroid dienone is 1. The fourth-order valence-corrected chi connectivity index (χ4v) is 1.91. The van der Waals surface area contributed by atoms with E-state index >= 15 is 0 Å². The van der Waals surface area contributed by atoms with Gasteiger partial charge in [0.1, 0.15) is 12.6 Å². The number of carbonyl (C=O) groups is 3. The van der Waals surface area contributed by atoms with Gasteiger partial charge in [0.05, 0.1) is 6.54 Å². The zero-order valence-electron chi connectivity index (χ0n) is 13.3. The quantitative estimate of drug-likeness (QED) is 0.866. The Bertz CT molecular complexity index is 578. The summed E-state index contributed by atoms with van der Waals surface area (Å²) in [4.78, 5) is 34.9. The molecule has 1 aliphatic rings. The van der Waals surface area contributed by atoms with Crippen molar-refractivity contribution in [2.24, 2.45) is 0 Å². The molecule has 0 spiro atoms. The number of carboxylic acid groups (broad SMARTS) is 1. The number of nitrogens with zero attached hydrogens (tertiary/aromatic N) is 1. The van der Waals surface area contributed by atoms with Crippen LogP contribution in [0, 0.1) is 0 Å². The van der Waals surface area contributed by atoms with Gasteiger partial charge in [-0.2, -0.15) is 0 Å². The molecular formula is C17H21NO5. The van der Waals surface area contributed by atoms with Crippen LogP contribution in [0.15, 0.2) is 42.5 Å². The number of ether oxygens (including phenoxy) is 1. The molecule has 0 aliphatic carbocycles. The van der Waals surface area contributed by atoms with Crippen molar-refractivity contribution in [3.05, 3.63) is 48.0 Å². The summed E-state index contributed by atoms with van der Waals surface area (Å²) in [5, 5.41) is 8.93. The Morgan fingerprint density at radius 2 is 1.87 bits per heavy atom. The summed E-state index contributed by atoms with van der Waals surface area (Å²) >= 11 is 0. The van der Waals surface area contributed by atoms with Crippen LogP contribution in [0.2, 0.25) is 0 Å². The lowest BCUT2D eigenvalue weighted by Crippen LogP contribution is -2.40. The standard InChI is InChI=1S/C13H13NO5.C4H8/c15-10-6-11(12(16)17)14(7-10)13(18)19-8-9-4-2-1-3-5-9;1-4(2)3/h1-5,11H,6-8H2,(H,16,17);1H2,2-3H3. The molecule has 1 aromatic rings. The third kappa shape index (κ3) is 6.34. The molecule has 0 radical (unpaired) electrons. The van der Waals surface area contributed by atoms with Crippen LogP contribution >= 0.6 is 0 Å². The van der Waals surface area contributed by atoms with E-state index in [2.05, 4.69) is 6.58 Å². The number of rotatable bonds is 3. The maximum Gasteiger partial charge on any atom is 0.411 e. The third-order valence-corrected chi connectivity index (χ3v) is 2.87. The van der Waals surface area contributed by atoms with Gasteiger partial charge in [-0.15, -0.1) is 6.58 Å². The molecular weight excluding hydrogens is 298 g/mol. The van der Waals surface area contributed by atoms with Gasteiger partial charge in [-0.25, -0.2) is 9.59 Å². The molecule has 23 heavy (non-hydrogen) atoms. The van der Waals surface area contributed by atoms with Crippen molar-refractivity contribution in [1.82, 2.24) is 4.90 Å². The van der Waals surface area contributed by atoms with Crippen LogP contribution in [0.25, 0.3) is 0 Å². The second-order valence-corrected chi connectivity index (χ2v) is 5.47. The molecule has 124 valence electrons. The van der Waals surface area contributed by atoms with Crippen LogP contribution < -0.4 is 0 Å². The Balaban J connectivity index is 0.000000593. The summed E-state index contributed by atoms with van der Waals surface area (Å²) in [5.74, 6) is -1.47. The summed E-state index contributed by atoms with van der Waals surface area (Å²) in [7, 11) is 0. The molecule has 0 bridgehead atoms. The fourth-order valence-electron chi connectivity index (χ4n) is 1.91. The largest absolute Gasteiger partial charge is 0.480 e. The minimum absolute atomic E-state index is 0.0523. The number of ketones is 1. The summed E-state index contributed by atoms with van der Waals surface area (Å²) in [6, 6.07) is 7.92. The number of carbonyl (C=O) groups excluding carboxylic acids is 2. The maximum absolute atomic E-state index is 11.8. The lowest BCUT2D eigenvalue weighted by molar-refractivity contribution is -0.142. The number of carboxylic acids is 1. The second kappa shape index (κ2) is 8.73. The van der Waals surface area contributed by atoms with E-state index in [9.17, 15) is 14.4 Å². The van der Waals surface area contributed by atoms with E-state index in [1.165, 1.54) is 5.57 Å². The van der Waals surface area contributed by atoms with Crippen molar-refractivity contribution in [3.63, 3.8) is 0 Å². The van der Waals surface area contributed by atoms with Crippen LogP contribution in [0.3, 0.4) is 0 Å². The van der Waals surface area contributed by atoms with Gasteiger partial charge in [0.15, 0.2) is 5.78 Å². The van der Waals surface area contributed by atoms with Gasteiger partial charge in [-0.05, 0) is 19.4 Å². The molecule has 0 aromatic heterocycles. The predicted molar refractivity (Wildman–Crippen MR) is 84.9 cm³/mol. The normalized spacial score (nSPS) is 16.3. The van der Waals surface area contributed by atoms with E-state index in [1.807, 2.05) is 32.0 Å². The fraction of sp³-hybridized carbons (Fsp3) is 0.353. The van der Waals surface area contributed by atoms with E-state index < -0.39 is 18.1 Å². The number of benzene rings is 1. The highest BCUT2D eigenvalue weighted by atomic mass is 16.6. The van der Waals surface area contributed by atoms with Crippen LogP contribution in [-0.2, 0) is 20.9 Å². The van der Waals surface area contributed by atoms with Crippen LogP contribution in [0.5, 0.6) is 0 Å². The second-order valence-electron chi connectivity index (χ2n) is 5.47. The highest BCUT2D eigenvalue weighted by Gasteiger charge is 2.39. The summed E-state index contributed by atoms with van der Waals surface area (Å²) in [5.41, 5.74) is 1.97. The zero-order valence-corrected chi connectivity index (χ0v) is 13.3. The van der Waals surface area contributed by atoms with Gasteiger partial charge >= 0.3 is 12.1 Å². The lowest BCUT2D eigenvalue weighted by atomic mass is 10.2. The molecule has 1 amide bonds. The monoisotopic (exact) mass is 319 g/mol. The van der Waals surface area contributed by atoms with E-state index in [-0.39, 0.29) is 25.4 Å².